The number of nitrogens with zero attached hydrogens (tertiary/aromatic N) is 5. The number of rotatable bonds is 6. The summed E-state index contributed by atoms with van der Waals surface area (Å²) in [6.45, 7) is 1.17. The largest absolute Gasteiger partial charge is 0.370 e. The molecular formula is C29H32FN7O2S. The van der Waals surface area contributed by atoms with Gasteiger partial charge in [-0.2, -0.15) is 10.4 Å². The average Bonchev–Trinajstić information content (AvgIpc) is 3.60. The van der Waals surface area contributed by atoms with Crippen LogP contribution in [0.3, 0.4) is 0 Å². The van der Waals surface area contributed by atoms with Crippen molar-refractivity contribution >= 4 is 21.3 Å². The minimum atomic E-state index is -2.47. The predicted octanol–water partition coefficient (Wildman–Crippen LogP) is 4.39. The van der Waals surface area contributed by atoms with Crippen LogP contribution in [0.2, 0.25) is 0 Å². The van der Waals surface area contributed by atoms with Crippen molar-refractivity contribution in [3.05, 3.63) is 60.3 Å². The molecule has 2 atom stereocenters. The molecule has 3 heterocycles. The van der Waals surface area contributed by atoms with Gasteiger partial charge in [-0.05, 0) is 55.5 Å². The molecular weight excluding hydrogens is 529 g/mol. The number of nitriles is 1. The van der Waals surface area contributed by atoms with Gasteiger partial charge in [0.15, 0.2) is 5.82 Å². The number of pyridine rings is 1. The lowest BCUT2D eigenvalue weighted by Gasteiger charge is -2.31. The summed E-state index contributed by atoms with van der Waals surface area (Å²) in [6.07, 6.45) is 7.87. The highest BCUT2D eigenvalue weighted by molar-refractivity contribution is 7.92. The van der Waals surface area contributed by atoms with E-state index in [0.717, 1.165) is 54.4 Å². The zero-order chi connectivity index (χ0) is 27.9. The molecule has 2 N–H and O–H groups in total. The third-order valence-corrected chi connectivity index (χ3v) is 10.1. The monoisotopic (exact) mass is 561 g/mol. The maximum Gasteiger partial charge on any atom is 0.225 e. The Morgan fingerprint density at radius 1 is 1.12 bits per heavy atom. The van der Waals surface area contributed by atoms with Crippen LogP contribution in [0.4, 0.5) is 10.1 Å². The Kier molecular flexibility index (Phi) is 6.82. The molecule has 1 aliphatic heterocycles. The van der Waals surface area contributed by atoms with E-state index in [2.05, 4.69) is 21.3 Å². The molecule has 0 spiro atoms. The molecule has 6 rings (SSSR count). The lowest BCUT2D eigenvalue weighted by atomic mass is 9.75. The molecule has 11 heteroatoms. The van der Waals surface area contributed by atoms with Gasteiger partial charge in [0.25, 0.3) is 0 Å². The Morgan fingerprint density at radius 2 is 1.85 bits per heavy atom. The van der Waals surface area contributed by atoms with Crippen LogP contribution in [0.15, 0.2) is 48.8 Å². The molecule has 208 valence electrons. The molecule has 9 nitrogen and oxygen atoms in total. The quantitative estimate of drug-likeness (QED) is 0.460. The maximum atomic E-state index is 13.6. The van der Waals surface area contributed by atoms with E-state index >= 15 is 0 Å². The highest BCUT2D eigenvalue weighted by atomic mass is 32.2. The number of carbonyl (C=O) groups excluding carboxylic acids is 1. The van der Waals surface area contributed by atoms with Gasteiger partial charge in [0.05, 0.1) is 18.0 Å². The molecule has 1 aromatic carbocycles. The van der Waals surface area contributed by atoms with Gasteiger partial charge in [0, 0.05) is 63.6 Å². The Hall–Kier alpha value is -3.78. The van der Waals surface area contributed by atoms with E-state index in [1.807, 2.05) is 30.5 Å². The fraction of sp³-hybridized carbons (Fsp3) is 0.448. The zero-order valence-electron chi connectivity index (χ0n) is 22.2. The third kappa shape index (κ3) is 5.32. The summed E-state index contributed by atoms with van der Waals surface area (Å²) in [7, 11) is -2.47. The second kappa shape index (κ2) is 10.3. The van der Waals surface area contributed by atoms with Crippen LogP contribution >= 0.6 is 0 Å². The summed E-state index contributed by atoms with van der Waals surface area (Å²) < 4.78 is 35.2. The number of benzene rings is 1. The van der Waals surface area contributed by atoms with Crippen molar-refractivity contribution in [2.75, 3.05) is 29.5 Å². The number of hydrogen-bond donors (Lipinski definition) is 2. The molecule has 40 heavy (non-hydrogen) atoms. The first-order valence-electron chi connectivity index (χ1n) is 13.8. The smallest absolute Gasteiger partial charge is 0.225 e. The number of carbonyl (C=O) groups is 1. The van der Waals surface area contributed by atoms with Gasteiger partial charge >= 0.3 is 0 Å². The number of anilines is 1. The first-order chi connectivity index (χ1) is 19.3. The van der Waals surface area contributed by atoms with Gasteiger partial charge in [-0.15, -0.1) is 0 Å². The number of hydrogen-bond acceptors (Lipinski definition) is 7. The number of aromatic nitrogens is 3. The molecule has 0 radical (unpaired) electrons. The van der Waals surface area contributed by atoms with Crippen LogP contribution in [0.25, 0.3) is 16.9 Å². The molecule has 2 saturated carbocycles. The van der Waals surface area contributed by atoms with E-state index in [-0.39, 0.29) is 17.7 Å². The molecule has 3 aliphatic rings. The van der Waals surface area contributed by atoms with Gasteiger partial charge in [-0.25, -0.2) is 18.3 Å². The predicted molar refractivity (Wildman–Crippen MR) is 150 cm³/mol. The normalized spacial score (nSPS) is 23.2. The van der Waals surface area contributed by atoms with E-state index < -0.39 is 21.1 Å². The molecule has 1 saturated heterocycles. The molecule has 2 aliphatic carbocycles. The summed E-state index contributed by atoms with van der Waals surface area (Å²) in [4.78, 5) is 19.8. The van der Waals surface area contributed by atoms with Crippen LogP contribution in [0, 0.1) is 27.8 Å². The van der Waals surface area contributed by atoms with Gasteiger partial charge in [-0.1, -0.05) is 25.0 Å². The Balaban J connectivity index is 1.35. The molecule has 3 aromatic rings. The Morgan fingerprint density at radius 3 is 2.50 bits per heavy atom. The van der Waals surface area contributed by atoms with Gasteiger partial charge in [-0.3, -0.25) is 9.57 Å². The van der Waals surface area contributed by atoms with Crippen molar-refractivity contribution in [1.82, 2.24) is 20.1 Å². The van der Waals surface area contributed by atoms with Crippen LogP contribution in [-0.4, -0.2) is 55.0 Å². The van der Waals surface area contributed by atoms with Crippen LogP contribution in [-0.2, 0) is 14.5 Å². The number of amides is 1. The van der Waals surface area contributed by atoms with Crippen LogP contribution in [0.5, 0.6) is 0 Å². The first-order valence-corrected chi connectivity index (χ1v) is 15.7. The minimum absolute atomic E-state index is 0.0874. The standard InChI is InChI=1S/C29H32FN7O2S/c30-21-7-10-26(33-17-21)37-18-25(20-5-8-22(9-6-20)36-13-15-40(32,39)16-14-36)27(35-37)23-3-1-2-4-24(23)28(38)34-29(19-31)11-12-29/h5-10,17-18,23-24,32H,1-4,11-16H2,(H,34,38). The van der Waals surface area contributed by atoms with E-state index in [1.165, 1.54) is 6.07 Å². The maximum absolute atomic E-state index is 13.6. The first kappa shape index (κ1) is 26.4. The third-order valence-electron chi connectivity index (χ3n) is 8.40. The molecule has 2 unspecified atom stereocenters. The molecule has 2 aromatic heterocycles. The van der Waals surface area contributed by atoms with Crippen molar-refractivity contribution < 1.29 is 13.4 Å². The van der Waals surface area contributed by atoms with Gasteiger partial charge in [0.1, 0.15) is 11.4 Å². The number of nitrogens with one attached hydrogen (secondary N) is 2. The van der Waals surface area contributed by atoms with Crippen molar-refractivity contribution in [2.45, 2.75) is 50.0 Å². The number of halogens is 1. The molecule has 3 fully saturated rings. The second-order valence-corrected chi connectivity index (χ2v) is 13.6. The zero-order valence-corrected chi connectivity index (χ0v) is 23.0. The topological polar surface area (TPSA) is 128 Å². The van der Waals surface area contributed by atoms with E-state index in [1.54, 1.807) is 10.7 Å². The van der Waals surface area contributed by atoms with Crippen molar-refractivity contribution in [2.24, 2.45) is 5.92 Å². The van der Waals surface area contributed by atoms with E-state index in [4.69, 9.17) is 9.88 Å². The fourth-order valence-electron chi connectivity index (χ4n) is 5.83. The lowest BCUT2D eigenvalue weighted by Crippen LogP contribution is -2.42. The summed E-state index contributed by atoms with van der Waals surface area (Å²) in [6, 6.07) is 13.3. The van der Waals surface area contributed by atoms with E-state index in [0.29, 0.717) is 43.3 Å². The molecule has 1 amide bonds. The van der Waals surface area contributed by atoms with Gasteiger partial charge in [0.2, 0.25) is 5.91 Å². The van der Waals surface area contributed by atoms with Crippen molar-refractivity contribution in [1.29, 1.82) is 10.0 Å². The summed E-state index contributed by atoms with van der Waals surface area (Å²) in [5.41, 5.74) is 2.91. The second-order valence-electron chi connectivity index (χ2n) is 11.1. The Bertz CT molecular complexity index is 1540. The summed E-state index contributed by atoms with van der Waals surface area (Å²) >= 11 is 0. The SMILES string of the molecule is N#CC1(NC(=O)C2CCCCC2c2nn(-c3ccc(F)cn3)cc2-c2ccc(N3CCS(=N)(=O)CC3)cc2)CC1. The average molecular weight is 562 g/mol. The van der Waals surface area contributed by atoms with Crippen molar-refractivity contribution in [3.63, 3.8) is 0 Å². The highest BCUT2D eigenvalue weighted by Crippen LogP contribution is 2.43. The highest BCUT2D eigenvalue weighted by Gasteiger charge is 2.47. The lowest BCUT2D eigenvalue weighted by molar-refractivity contribution is -0.127. The van der Waals surface area contributed by atoms with Gasteiger partial charge < -0.3 is 10.2 Å². The van der Waals surface area contributed by atoms with Crippen LogP contribution in [0.1, 0.15) is 50.1 Å². The fourth-order valence-corrected chi connectivity index (χ4v) is 7.07. The van der Waals surface area contributed by atoms with Crippen molar-refractivity contribution in [3.8, 4) is 23.0 Å². The van der Waals surface area contributed by atoms with Crippen LogP contribution < -0.4 is 10.2 Å². The summed E-state index contributed by atoms with van der Waals surface area (Å²) in [5, 5.41) is 17.5. The molecule has 0 bridgehead atoms. The van der Waals surface area contributed by atoms with E-state index in [9.17, 15) is 18.7 Å². The minimum Gasteiger partial charge on any atom is -0.370 e. The Labute approximate surface area is 233 Å². The summed E-state index contributed by atoms with van der Waals surface area (Å²) in [5.74, 6) is 0.276.